The summed E-state index contributed by atoms with van der Waals surface area (Å²) in [6.07, 6.45) is -0.379. The van der Waals surface area contributed by atoms with Crippen molar-refractivity contribution in [2.75, 3.05) is 59.0 Å². The fraction of sp³-hybridized carbons (Fsp3) is 0.818. The lowest BCUT2D eigenvalue weighted by atomic mass is 9.94. The van der Waals surface area contributed by atoms with Gasteiger partial charge >= 0.3 is 24.1 Å². The third-order valence-electron chi connectivity index (χ3n) is 6.48. The van der Waals surface area contributed by atoms with Gasteiger partial charge in [-0.05, 0) is 58.0 Å². The van der Waals surface area contributed by atoms with Crippen molar-refractivity contribution in [3.63, 3.8) is 0 Å². The fourth-order valence-corrected chi connectivity index (χ4v) is 4.38. The number of rotatable bonds is 7. The van der Waals surface area contributed by atoms with E-state index in [1.165, 1.54) is 12.8 Å². The average Bonchev–Trinajstić information content (AvgIpc) is 3.17. The zero-order valence-corrected chi connectivity index (χ0v) is 20.0. The molecule has 0 radical (unpaired) electrons. The second kappa shape index (κ2) is 13.5. The smallest absolute Gasteiger partial charge is 0.475 e. The van der Waals surface area contributed by atoms with E-state index in [9.17, 15) is 27.6 Å². The molecule has 0 saturated carbocycles. The zero-order chi connectivity index (χ0) is 26.0. The predicted molar refractivity (Wildman–Crippen MR) is 118 cm³/mol. The molecule has 3 aliphatic rings. The Hall–Kier alpha value is -2.57. The predicted octanol–water partition coefficient (Wildman–Crippen LogP) is 1.55. The molecule has 0 aromatic rings. The highest BCUT2D eigenvalue weighted by Gasteiger charge is 2.38. The highest BCUT2D eigenvalue weighted by Crippen LogP contribution is 2.21. The normalized spacial score (nSPS) is 19.9. The first-order valence-corrected chi connectivity index (χ1v) is 12.0. The van der Waals surface area contributed by atoms with Crippen molar-refractivity contribution >= 4 is 23.9 Å². The maximum atomic E-state index is 12.6. The summed E-state index contributed by atoms with van der Waals surface area (Å²) >= 11 is 0. The van der Waals surface area contributed by atoms with Crippen molar-refractivity contribution in [1.82, 2.24) is 20.0 Å². The van der Waals surface area contributed by atoms with E-state index in [0.717, 1.165) is 26.1 Å². The molecule has 3 saturated heterocycles. The molecule has 0 bridgehead atoms. The second-order valence-corrected chi connectivity index (χ2v) is 8.88. The number of ether oxygens (including phenoxy) is 1. The number of nitrogens with one attached hydrogen (secondary N) is 1. The molecule has 2 N–H and O–H groups in total. The number of carboxylic acid groups (broad SMARTS) is 1. The van der Waals surface area contributed by atoms with Crippen molar-refractivity contribution < 1.29 is 42.2 Å². The molecule has 3 aliphatic heterocycles. The molecule has 0 aromatic heterocycles. The first-order chi connectivity index (χ1) is 16.5. The summed E-state index contributed by atoms with van der Waals surface area (Å²) in [5, 5.41) is 10.5. The summed E-state index contributed by atoms with van der Waals surface area (Å²) < 4.78 is 36.8. The second-order valence-electron chi connectivity index (χ2n) is 8.88. The molecular weight excluding hydrogens is 473 g/mol. The molecule has 0 atom stereocenters. The number of piperidine rings is 2. The number of halogens is 3. The Morgan fingerprint density at radius 3 is 2.14 bits per heavy atom. The zero-order valence-electron chi connectivity index (χ0n) is 20.0. The molecule has 3 fully saturated rings. The van der Waals surface area contributed by atoms with Crippen LogP contribution < -0.4 is 5.32 Å². The van der Waals surface area contributed by atoms with Crippen LogP contribution in [0.2, 0.25) is 0 Å². The van der Waals surface area contributed by atoms with E-state index in [-0.39, 0.29) is 30.4 Å². The van der Waals surface area contributed by atoms with Gasteiger partial charge in [-0.15, -0.1) is 0 Å². The Balaban J connectivity index is 0.000000540. The molecule has 3 amide bonds. The average molecular weight is 509 g/mol. The van der Waals surface area contributed by atoms with Gasteiger partial charge in [0.2, 0.25) is 5.91 Å². The van der Waals surface area contributed by atoms with E-state index in [1.807, 2.05) is 4.90 Å². The standard InChI is InChI=1S/C20H34N4O4.C2HF3O2/c1-2-28-19(26)17-6-11-22(12-7-17)18(25)15-24-14-13-23(20(24)27)10-5-16-3-8-21-9-4-16;3-2(4,5)1(6)7/h16-17,21H,2-15H2,1H3;(H,6,7). The minimum atomic E-state index is -5.08. The molecule has 0 spiro atoms. The number of carboxylic acids is 1. The molecule has 200 valence electrons. The van der Waals surface area contributed by atoms with Crippen LogP contribution in [-0.2, 0) is 19.1 Å². The molecule has 0 unspecified atom stereocenters. The SMILES string of the molecule is CCOC(=O)C1CCN(C(=O)CN2CCN(CCC3CCNCC3)C2=O)CC1.O=C(O)C(F)(F)F. The van der Waals surface area contributed by atoms with Crippen molar-refractivity contribution in [2.24, 2.45) is 11.8 Å². The number of hydrogen-bond acceptors (Lipinski definition) is 6. The van der Waals surface area contributed by atoms with Crippen LogP contribution in [0.1, 0.15) is 39.0 Å². The quantitative estimate of drug-likeness (QED) is 0.501. The van der Waals surface area contributed by atoms with Crippen LogP contribution in [0.3, 0.4) is 0 Å². The van der Waals surface area contributed by atoms with Crippen LogP contribution in [0.15, 0.2) is 0 Å². The van der Waals surface area contributed by atoms with E-state index in [4.69, 9.17) is 14.6 Å². The van der Waals surface area contributed by atoms with E-state index < -0.39 is 12.1 Å². The van der Waals surface area contributed by atoms with Crippen molar-refractivity contribution in [2.45, 2.75) is 45.2 Å². The number of esters is 1. The minimum absolute atomic E-state index is 0.0105. The van der Waals surface area contributed by atoms with Crippen LogP contribution >= 0.6 is 0 Å². The van der Waals surface area contributed by atoms with Crippen LogP contribution in [-0.4, -0.2) is 109 Å². The van der Waals surface area contributed by atoms with Crippen LogP contribution in [0, 0.1) is 11.8 Å². The Labute approximate surface area is 202 Å². The number of likely N-dealkylation sites (tertiary alicyclic amines) is 1. The summed E-state index contributed by atoms with van der Waals surface area (Å²) in [5.74, 6) is -2.34. The number of amides is 3. The lowest BCUT2D eigenvalue weighted by Gasteiger charge is -2.32. The van der Waals surface area contributed by atoms with Gasteiger partial charge in [0.05, 0.1) is 12.5 Å². The van der Waals surface area contributed by atoms with Gasteiger partial charge in [0.25, 0.3) is 0 Å². The number of carbonyl (C=O) groups is 4. The number of aliphatic carboxylic acids is 1. The third kappa shape index (κ3) is 9.19. The Morgan fingerprint density at radius 1 is 1.03 bits per heavy atom. The number of carbonyl (C=O) groups excluding carboxylic acids is 3. The first kappa shape index (κ1) is 28.7. The van der Waals surface area contributed by atoms with Gasteiger partial charge in [0.1, 0.15) is 6.54 Å². The number of alkyl halides is 3. The van der Waals surface area contributed by atoms with Gasteiger partial charge in [0, 0.05) is 32.7 Å². The molecule has 0 aliphatic carbocycles. The molecule has 13 heteroatoms. The topological polar surface area (TPSA) is 119 Å². The molecular formula is C22H35F3N4O6. The minimum Gasteiger partial charge on any atom is -0.475 e. The maximum absolute atomic E-state index is 12.6. The lowest BCUT2D eigenvalue weighted by molar-refractivity contribution is -0.192. The molecule has 3 rings (SSSR count). The van der Waals surface area contributed by atoms with Crippen molar-refractivity contribution in [1.29, 1.82) is 0 Å². The molecule has 0 aromatic carbocycles. The lowest BCUT2D eigenvalue weighted by Crippen LogP contribution is -2.46. The Morgan fingerprint density at radius 2 is 1.60 bits per heavy atom. The number of nitrogens with zero attached hydrogens (tertiary/aromatic N) is 3. The van der Waals surface area contributed by atoms with Crippen molar-refractivity contribution in [3.05, 3.63) is 0 Å². The molecule has 35 heavy (non-hydrogen) atoms. The largest absolute Gasteiger partial charge is 0.490 e. The highest BCUT2D eigenvalue weighted by atomic mass is 19.4. The van der Waals surface area contributed by atoms with Gasteiger partial charge in [-0.2, -0.15) is 13.2 Å². The van der Waals surface area contributed by atoms with E-state index in [0.29, 0.717) is 51.5 Å². The summed E-state index contributed by atoms with van der Waals surface area (Å²) in [5.41, 5.74) is 0. The van der Waals surface area contributed by atoms with E-state index in [1.54, 1.807) is 16.7 Å². The Bertz CT molecular complexity index is 737. The molecule has 3 heterocycles. The van der Waals surface area contributed by atoms with Crippen LogP contribution in [0.4, 0.5) is 18.0 Å². The van der Waals surface area contributed by atoms with Gasteiger partial charge < -0.3 is 29.9 Å². The summed E-state index contributed by atoms with van der Waals surface area (Å²) in [4.78, 5) is 51.3. The first-order valence-electron chi connectivity index (χ1n) is 12.0. The van der Waals surface area contributed by atoms with Gasteiger partial charge in [-0.1, -0.05) is 0 Å². The maximum Gasteiger partial charge on any atom is 0.490 e. The van der Waals surface area contributed by atoms with Crippen molar-refractivity contribution in [3.8, 4) is 0 Å². The molecule has 10 nitrogen and oxygen atoms in total. The summed E-state index contributed by atoms with van der Waals surface area (Å²) in [7, 11) is 0. The van der Waals surface area contributed by atoms with Crippen LogP contribution in [0.25, 0.3) is 0 Å². The summed E-state index contributed by atoms with van der Waals surface area (Å²) in [6, 6.07) is -0.0105. The van der Waals surface area contributed by atoms with Gasteiger partial charge in [-0.3, -0.25) is 9.59 Å². The monoisotopic (exact) mass is 508 g/mol. The van der Waals surface area contributed by atoms with E-state index in [2.05, 4.69) is 5.32 Å². The fourth-order valence-electron chi connectivity index (χ4n) is 4.38. The van der Waals surface area contributed by atoms with Gasteiger partial charge in [-0.25, -0.2) is 9.59 Å². The summed E-state index contributed by atoms with van der Waals surface area (Å²) in [6.45, 7) is 7.73. The third-order valence-corrected chi connectivity index (χ3v) is 6.48. The number of hydrogen-bond donors (Lipinski definition) is 2. The number of urea groups is 1. The highest BCUT2D eigenvalue weighted by molar-refractivity contribution is 5.85. The van der Waals surface area contributed by atoms with Crippen LogP contribution in [0.5, 0.6) is 0 Å². The van der Waals surface area contributed by atoms with Gasteiger partial charge in [0.15, 0.2) is 0 Å². The van der Waals surface area contributed by atoms with E-state index >= 15 is 0 Å². The Kier molecular flexibility index (Phi) is 11.1.